The lowest BCUT2D eigenvalue weighted by Crippen LogP contribution is -2.04. The third-order valence-corrected chi connectivity index (χ3v) is 4.55. The lowest BCUT2D eigenvalue weighted by atomic mass is 10.2. The molecule has 8 heteroatoms. The Kier molecular flexibility index (Phi) is 4.54. The zero-order valence-corrected chi connectivity index (χ0v) is 12.2. The molecule has 0 heterocycles. The van der Waals surface area contributed by atoms with Crippen LogP contribution in [0.5, 0.6) is 0 Å². The number of anilines is 1. The summed E-state index contributed by atoms with van der Waals surface area (Å²) in [6, 6.07) is 7.68. The van der Waals surface area contributed by atoms with Crippen LogP contribution in [-0.2, 0) is 16.6 Å². The largest absolute Gasteiger partial charge is 0.398 e. The van der Waals surface area contributed by atoms with Gasteiger partial charge in [-0.25, -0.2) is 4.39 Å². The SMILES string of the molecule is Nc1cc(F)ccc1S(=O)Cc1c(Cl)cccc1[N+](=O)[O-]. The predicted molar refractivity (Wildman–Crippen MR) is 79.0 cm³/mol. The zero-order valence-electron chi connectivity index (χ0n) is 10.6. The van der Waals surface area contributed by atoms with E-state index in [1.165, 1.54) is 24.3 Å². The summed E-state index contributed by atoms with van der Waals surface area (Å²) in [5.41, 5.74) is 5.59. The Hall–Kier alpha value is -1.99. The van der Waals surface area contributed by atoms with Gasteiger partial charge in [-0.2, -0.15) is 0 Å². The van der Waals surface area contributed by atoms with E-state index in [-0.39, 0.29) is 32.6 Å². The van der Waals surface area contributed by atoms with Crippen molar-refractivity contribution in [2.24, 2.45) is 0 Å². The van der Waals surface area contributed by atoms with Crippen molar-refractivity contribution in [1.29, 1.82) is 0 Å². The van der Waals surface area contributed by atoms with E-state index in [4.69, 9.17) is 17.3 Å². The van der Waals surface area contributed by atoms with Gasteiger partial charge in [0.15, 0.2) is 0 Å². The number of hydrogen-bond donors (Lipinski definition) is 1. The number of hydrogen-bond acceptors (Lipinski definition) is 4. The number of nitro groups is 1. The lowest BCUT2D eigenvalue weighted by Gasteiger charge is -2.08. The summed E-state index contributed by atoms with van der Waals surface area (Å²) in [6.45, 7) is 0. The van der Waals surface area contributed by atoms with Crippen molar-refractivity contribution in [2.75, 3.05) is 5.73 Å². The van der Waals surface area contributed by atoms with Crippen LogP contribution < -0.4 is 5.73 Å². The molecule has 0 radical (unpaired) electrons. The maximum Gasteiger partial charge on any atom is 0.275 e. The van der Waals surface area contributed by atoms with E-state index in [1.807, 2.05) is 0 Å². The highest BCUT2D eigenvalue weighted by atomic mass is 35.5. The Morgan fingerprint density at radius 3 is 2.67 bits per heavy atom. The van der Waals surface area contributed by atoms with Crippen molar-refractivity contribution in [1.82, 2.24) is 0 Å². The molecule has 0 saturated carbocycles. The first-order chi connectivity index (χ1) is 9.90. The molecule has 2 aromatic carbocycles. The topological polar surface area (TPSA) is 86.2 Å². The number of nitrogen functional groups attached to an aromatic ring is 1. The zero-order chi connectivity index (χ0) is 15.6. The molecule has 2 rings (SSSR count). The van der Waals surface area contributed by atoms with Gasteiger partial charge < -0.3 is 5.73 Å². The molecule has 2 N–H and O–H groups in total. The van der Waals surface area contributed by atoms with Crippen LogP contribution in [0.3, 0.4) is 0 Å². The molecule has 1 unspecified atom stereocenters. The fourth-order valence-corrected chi connectivity index (χ4v) is 3.38. The minimum Gasteiger partial charge on any atom is -0.398 e. The first-order valence-electron chi connectivity index (χ1n) is 5.75. The summed E-state index contributed by atoms with van der Waals surface area (Å²) in [6.07, 6.45) is 0. The fourth-order valence-electron chi connectivity index (χ4n) is 1.80. The number of halogens is 2. The predicted octanol–water partition coefficient (Wildman–Crippen LogP) is 3.28. The van der Waals surface area contributed by atoms with Crippen LogP contribution in [0.25, 0.3) is 0 Å². The van der Waals surface area contributed by atoms with Gasteiger partial charge in [0.05, 0.1) is 42.6 Å². The number of nitrogens with zero attached hydrogens (tertiary/aromatic N) is 1. The molecule has 0 saturated heterocycles. The highest BCUT2D eigenvalue weighted by Gasteiger charge is 2.20. The molecule has 1 atom stereocenters. The van der Waals surface area contributed by atoms with Crippen LogP contribution in [0.15, 0.2) is 41.3 Å². The van der Waals surface area contributed by atoms with E-state index in [9.17, 15) is 18.7 Å². The normalized spacial score (nSPS) is 12.1. The van der Waals surface area contributed by atoms with Crippen LogP contribution in [0.2, 0.25) is 5.02 Å². The molecule has 0 amide bonds. The van der Waals surface area contributed by atoms with Crippen LogP contribution in [-0.4, -0.2) is 9.13 Å². The molecule has 2 aromatic rings. The first-order valence-corrected chi connectivity index (χ1v) is 7.45. The first kappa shape index (κ1) is 15.4. The van der Waals surface area contributed by atoms with Gasteiger partial charge in [-0.05, 0) is 24.3 Å². The van der Waals surface area contributed by atoms with E-state index in [1.54, 1.807) is 0 Å². The third-order valence-electron chi connectivity index (χ3n) is 2.78. The van der Waals surface area contributed by atoms with Crippen LogP contribution in [0.1, 0.15) is 5.56 Å². The Balaban J connectivity index is 2.38. The number of nitro benzene ring substituents is 1. The van der Waals surface area contributed by atoms with E-state index < -0.39 is 21.5 Å². The van der Waals surface area contributed by atoms with Gasteiger partial charge in [0, 0.05) is 6.07 Å². The molecule has 5 nitrogen and oxygen atoms in total. The minimum absolute atomic E-state index is 0.0306. The molecular formula is C13H10ClFN2O3S. The molecule has 0 spiro atoms. The summed E-state index contributed by atoms with van der Waals surface area (Å²) in [4.78, 5) is 10.6. The standard InChI is InChI=1S/C13H10ClFN2O3S/c14-10-2-1-3-12(17(18)19)9(10)7-21(20)13-5-4-8(15)6-11(13)16/h1-6H,7,16H2. The fraction of sp³-hybridized carbons (Fsp3) is 0.0769. The van der Waals surface area contributed by atoms with Crippen LogP contribution in [0.4, 0.5) is 15.8 Å². The molecule has 0 aliphatic heterocycles. The number of rotatable bonds is 4. The maximum atomic E-state index is 13.0. The molecule has 0 bridgehead atoms. The van der Waals surface area contributed by atoms with Gasteiger partial charge in [0.1, 0.15) is 5.82 Å². The quantitative estimate of drug-likeness (QED) is 0.530. The Morgan fingerprint density at radius 2 is 2.05 bits per heavy atom. The lowest BCUT2D eigenvalue weighted by molar-refractivity contribution is -0.385. The van der Waals surface area contributed by atoms with Gasteiger partial charge in [-0.3, -0.25) is 14.3 Å². The van der Waals surface area contributed by atoms with Gasteiger partial charge in [-0.15, -0.1) is 0 Å². The molecule has 0 aliphatic rings. The average molecular weight is 329 g/mol. The summed E-state index contributed by atoms with van der Waals surface area (Å²) in [5, 5.41) is 11.1. The van der Waals surface area contributed by atoms with Crippen molar-refractivity contribution >= 4 is 33.8 Å². The molecule has 0 aromatic heterocycles. The third kappa shape index (κ3) is 3.37. The summed E-state index contributed by atoms with van der Waals surface area (Å²) in [5.74, 6) is -0.719. The Morgan fingerprint density at radius 1 is 1.33 bits per heavy atom. The van der Waals surface area contributed by atoms with Crippen LogP contribution >= 0.6 is 11.6 Å². The number of benzene rings is 2. The van der Waals surface area contributed by atoms with E-state index in [2.05, 4.69) is 0 Å². The van der Waals surface area contributed by atoms with E-state index in [0.29, 0.717) is 0 Å². The minimum atomic E-state index is -1.67. The van der Waals surface area contributed by atoms with Crippen molar-refractivity contribution in [2.45, 2.75) is 10.6 Å². The summed E-state index contributed by atoms with van der Waals surface area (Å²) < 4.78 is 25.3. The van der Waals surface area contributed by atoms with E-state index in [0.717, 1.165) is 12.1 Å². The molecule has 110 valence electrons. The van der Waals surface area contributed by atoms with Gasteiger partial charge >= 0.3 is 0 Å². The molecular weight excluding hydrogens is 319 g/mol. The highest BCUT2D eigenvalue weighted by Crippen LogP contribution is 2.30. The van der Waals surface area contributed by atoms with Crippen molar-refractivity contribution in [3.63, 3.8) is 0 Å². The summed E-state index contributed by atoms with van der Waals surface area (Å²) >= 11 is 5.94. The van der Waals surface area contributed by atoms with Crippen molar-refractivity contribution in [3.8, 4) is 0 Å². The Labute approximate surface area is 127 Å². The second-order valence-electron chi connectivity index (χ2n) is 4.17. The second-order valence-corrected chi connectivity index (χ2v) is 5.99. The second kappa shape index (κ2) is 6.19. The summed E-state index contributed by atoms with van der Waals surface area (Å²) in [7, 11) is -1.67. The van der Waals surface area contributed by atoms with Gasteiger partial charge in [0.25, 0.3) is 5.69 Å². The Bertz CT molecular complexity index is 739. The molecule has 21 heavy (non-hydrogen) atoms. The van der Waals surface area contributed by atoms with Gasteiger partial charge in [-0.1, -0.05) is 17.7 Å². The van der Waals surface area contributed by atoms with Gasteiger partial charge in [0.2, 0.25) is 0 Å². The molecule has 0 aliphatic carbocycles. The van der Waals surface area contributed by atoms with Crippen molar-refractivity contribution < 1.29 is 13.5 Å². The highest BCUT2D eigenvalue weighted by molar-refractivity contribution is 7.84. The number of nitrogens with two attached hydrogens (primary N) is 1. The smallest absolute Gasteiger partial charge is 0.275 e. The maximum absolute atomic E-state index is 13.0. The van der Waals surface area contributed by atoms with E-state index >= 15 is 0 Å². The molecule has 0 fully saturated rings. The average Bonchev–Trinajstić information content (AvgIpc) is 2.40. The van der Waals surface area contributed by atoms with Crippen molar-refractivity contribution in [3.05, 3.63) is 62.9 Å². The monoisotopic (exact) mass is 328 g/mol. The van der Waals surface area contributed by atoms with Crippen LogP contribution in [0, 0.1) is 15.9 Å².